The highest BCUT2D eigenvalue weighted by Crippen LogP contribution is 2.31. The number of benzene rings is 1. The Morgan fingerprint density at radius 3 is 2.67 bits per heavy atom. The van der Waals surface area contributed by atoms with Crippen LogP contribution in [0.25, 0.3) is 0 Å². The van der Waals surface area contributed by atoms with E-state index in [1.165, 1.54) is 5.56 Å². The molecule has 4 heteroatoms. The number of hydrogen-bond donors (Lipinski definition) is 1. The van der Waals surface area contributed by atoms with Gasteiger partial charge in [0.15, 0.2) is 0 Å². The van der Waals surface area contributed by atoms with Gasteiger partial charge in [-0.25, -0.2) is 0 Å². The standard InChI is InChI=1S/C17H23ClN2O/c1-4-20(12-15-8-6-10-21-15)17-14(11-19-13(2)3)7-5-9-16(17)18/h5-10,13,19H,4,11-12H2,1-3H3. The molecule has 0 spiro atoms. The first kappa shape index (κ1) is 15.9. The molecule has 0 radical (unpaired) electrons. The highest BCUT2D eigenvalue weighted by Gasteiger charge is 2.15. The maximum Gasteiger partial charge on any atom is 0.123 e. The minimum Gasteiger partial charge on any atom is -0.467 e. The predicted octanol–water partition coefficient (Wildman–Crippen LogP) is 4.46. The average molecular weight is 307 g/mol. The van der Waals surface area contributed by atoms with Crippen LogP contribution < -0.4 is 10.2 Å². The summed E-state index contributed by atoms with van der Waals surface area (Å²) >= 11 is 6.46. The SMILES string of the molecule is CCN(Cc1ccco1)c1c(Cl)cccc1CNC(C)C. The Balaban J connectivity index is 2.26. The molecule has 0 bridgehead atoms. The second-order valence-electron chi connectivity index (χ2n) is 5.38. The number of nitrogens with one attached hydrogen (secondary N) is 1. The Hall–Kier alpha value is -1.45. The number of hydrogen-bond acceptors (Lipinski definition) is 3. The van der Waals surface area contributed by atoms with E-state index in [2.05, 4.69) is 37.1 Å². The lowest BCUT2D eigenvalue weighted by Crippen LogP contribution is -2.27. The molecule has 0 saturated carbocycles. The van der Waals surface area contributed by atoms with Crippen molar-refractivity contribution in [2.24, 2.45) is 0 Å². The van der Waals surface area contributed by atoms with E-state index in [1.54, 1.807) is 6.26 Å². The Kier molecular flexibility index (Phi) is 5.71. The molecule has 0 fully saturated rings. The van der Waals surface area contributed by atoms with Crippen LogP contribution in [0.5, 0.6) is 0 Å². The van der Waals surface area contributed by atoms with E-state index < -0.39 is 0 Å². The number of halogens is 1. The minimum atomic E-state index is 0.442. The molecule has 0 atom stereocenters. The van der Waals surface area contributed by atoms with Gasteiger partial charge in [0, 0.05) is 19.1 Å². The summed E-state index contributed by atoms with van der Waals surface area (Å²) in [6.45, 7) is 8.82. The van der Waals surface area contributed by atoms with Crippen LogP contribution in [-0.2, 0) is 13.1 Å². The van der Waals surface area contributed by atoms with Crippen molar-refractivity contribution in [1.82, 2.24) is 5.32 Å². The molecule has 1 heterocycles. The Bertz CT molecular complexity index is 552. The summed E-state index contributed by atoms with van der Waals surface area (Å²) in [5.41, 5.74) is 2.30. The summed E-state index contributed by atoms with van der Waals surface area (Å²) in [7, 11) is 0. The zero-order valence-electron chi connectivity index (χ0n) is 12.9. The molecular weight excluding hydrogens is 284 g/mol. The Morgan fingerprint density at radius 1 is 1.24 bits per heavy atom. The lowest BCUT2D eigenvalue weighted by Gasteiger charge is -2.26. The fourth-order valence-corrected chi connectivity index (χ4v) is 2.62. The van der Waals surface area contributed by atoms with Gasteiger partial charge in [0.05, 0.1) is 23.5 Å². The maximum atomic E-state index is 6.46. The van der Waals surface area contributed by atoms with Crippen LogP contribution in [0.4, 0.5) is 5.69 Å². The van der Waals surface area contributed by atoms with Gasteiger partial charge in [-0.1, -0.05) is 37.6 Å². The molecular formula is C17H23ClN2O. The van der Waals surface area contributed by atoms with Gasteiger partial charge >= 0.3 is 0 Å². The maximum absolute atomic E-state index is 6.46. The highest BCUT2D eigenvalue weighted by atomic mass is 35.5. The van der Waals surface area contributed by atoms with Gasteiger partial charge in [-0.15, -0.1) is 0 Å². The topological polar surface area (TPSA) is 28.4 Å². The first-order valence-electron chi connectivity index (χ1n) is 7.40. The van der Waals surface area contributed by atoms with Crippen molar-refractivity contribution in [3.8, 4) is 0 Å². The fourth-order valence-electron chi connectivity index (χ4n) is 2.31. The van der Waals surface area contributed by atoms with Crippen LogP contribution in [0, 0.1) is 0 Å². The summed E-state index contributed by atoms with van der Waals surface area (Å²) in [5.74, 6) is 0.944. The number of anilines is 1. The zero-order valence-corrected chi connectivity index (χ0v) is 13.7. The van der Waals surface area contributed by atoms with Crippen molar-refractivity contribution in [2.75, 3.05) is 11.4 Å². The molecule has 1 N–H and O–H groups in total. The van der Waals surface area contributed by atoms with Crippen LogP contribution in [-0.4, -0.2) is 12.6 Å². The van der Waals surface area contributed by atoms with Crippen LogP contribution >= 0.6 is 11.6 Å². The molecule has 0 unspecified atom stereocenters. The van der Waals surface area contributed by atoms with Crippen LogP contribution in [0.3, 0.4) is 0 Å². The lowest BCUT2D eigenvalue weighted by atomic mass is 10.1. The van der Waals surface area contributed by atoms with E-state index in [4.69, 9.17) is 16.0 Å². The van der Waals surface area contributed by atoms with Gasteiger partial charge in [-0.2, -0.15) is 0 Å². The van der Waals surface area contributed by atoms with Crippen molar-refractivity contribution < 1.29 is 4.42 Å². The number of rotatable bonds is 7. The molecule has 3 nitrogen and oxygen atoms in total. The van der Waals surface area contributed by atoms with E-state index >= 15 is 0 Å². The normalized spacial score (nSPS) is 11.1. The largest absolute Gasteiger partial charge is 0.467 e. The predicted molar refractivity (Wildman–Crippen MR) is 88.9 cm³/mol. The molecule has 1 aromatic heterocycles. The van der Waals surface area contributed by atoms with Gasteiger partial charge in [-0.3, -0.25) is 0 Å². The van der Waals surface area contributed by atoms with Gasteiger partial charge in [0.1, 0.15) is 5.76 Å². The second-order valence-corrected chi connectivity index (χ2v) is 5.78. The molecule has 0 saturated heterocycles. The number of para-hydroxylation sites is 1. The van der Waals surface area contributed by atoms with E-state index in [0.717, 1.165) is 36.1 Å². The lowest BCUT2D eigenvalue weighted by molar-refractivity contribution is 0.503. The first-order chi connectivity index (χ1) is 10.1. The summed E-state index contributed by atoms with van der Waals surface area (Å²) in [4.78, 5) is 2.25. The number of furan rings is 1. The van der Waals surface area contributed by atoms with Gasteiger partial charge in [-0.05, 0) is 30.7 Å². The van der Waals surface area contributed by atoms with Gasteiger partial charge < -0.3 is 14.6 Å². The number of nitrogens with zero attached hydrogens (tertiary/aromatic N) is 1. The van der Waals surface area contributed by atoms with Crippen LogP contribution in [0.1, 0.15) is 32.1 Å². The molecule has 0 aliphatic rings. The quantitative estimate of drug-likeness (QED) is 0.819. The molecule has 0 aliphatic heterocycles. The smallest absolute Gasteiger partial charge is 0.123 e. The molecule has 2 aromatic rings. The van der Waals surface area contributed by atoms with Gasteiger partial charge in [0.25, 0.3) is 0 Å². The third-order valence-electron chi connectivity index (χ3n) is 3.40. The molecule has 114 valence electrons. The van der Waals surface area contributed by atoms with Crippen molar-refractivity contribution in [3.05, 3.63) is 52.9 Å². The molecule has 0 amide bonds. The third kappa shape index (κ3) is 4.26. The second kappa shape index (κ2) is 7.53. The van der Waals surface area contributed by atoms with Crippen molar-refractivity contribution in [3.63, 3.8) is 0 Å². The molecule has 0 aliphatic carbocycles. The summed E-state index contributed by atoms with van der Waals surface area (Å²) in [5, 5.41) is 4.24. The van der Waals surface area contributed by atoms with Gasteiger partial charge in [0.2, 0.25) is 0 Å². The zero-order chi connectivity index (χ0) is 15.2. The first-order valence-corrected chi connectivity index (χ1v) is 7.77. The Morgan fingerprint density at radius 2 is 2.05 bits per heavy atom. The van der Waals surface area contributed by atoms with E-state index in [9.17, 15) is 0 Å². The molecule has 2 rings (SSSR count). The monoisotopic (exact) mass is 306 g/mol. The van der Waals surface area contributed by atoms with E-state index in [-0.39, 0.29) is 0 Å². The molecule has 1 aromatic carbocycles. The van der Waals surface area contributed by atoms with Crippen molar-refractivity contribution in [2.45, 2.75) is 39.9 Å². The van der Waals surface area contributed by atoms with Crippen molar-refractivity contribution >= 4 is 17.3 Å². The summed E-state index contributed by atoms with van der Waals surface area (Å²) in [6.07, 6.45) is 1.71. The van der Waals surface area contributed by atoms with E-state index in [0.29, 0.717) is 6.04 Å². The summed E-state index contributed by atoms with van der Waals surface area (Å²) < 4.78 is 5.46. The third-order valence-corrected chi connectivity index (χ3v) is 3.70. The van der Waals surface area contributed by atoms with E-state index in [1.807, 2.05) is 24.3 Å². The van der Waals surface area contributed by atoms with Crippen LogP contribution in [0.2, 0.25) is 5.02 Å². The fraction of sp³-hybridized carbons (Fsp3) is 0.412. The molecule has 21 heavy (non-hydrogen) atoms. The van der Waals surface area contributed by atoms with Crippen molar-refractivity contribution in [1.29, 1.82) is 0 Å². The highest BCUT2D eigenvalue weighted by molar-refractivity contribution is 6.33. The van der Waals surface area contributed by atoms with Crippen LogP contribution in [0.15, 0.2) is 41.0 Å². The summed E-state index contributed by atoms with van der Waals surface area (Å²) in [6, 6.07) is 10.4. The Labute approximate surface area is 131 Å². The average Bonchev–Trinajstić information content (AvgIpc) is 2.96. The minimum absolute atomic E-state index is 0.442.